The predicted octanol–water partition coefficient (Wildman–Crippen LogP) is 1.72. The van der Waals surface area contributed by atoms with Crippen molar-refractivity contribution in [3.05, 3.63) is 42.7 Å². The van der Waals surface area contributed by atoms with Gasteiger partial charge in [0.15, 0.2) is 0 Å². The first-order valence-corrected chi connectivity index (χ1v) is 7.50. The molecule has 1 aliphatic heterocycles. The summed E-state index contributed by atoms with van der Waals surface area (Å²) in [4.78, 5) is 16.4. The molecule has 23 heavy (non-hydrogen) atoms. The highest BCUT2D eigenvalue weighted by Gasteiger charge is 2.39. The summed E-state index contributed by atoms with van der Waals surface area (Å²) in [5.74, 6) is -0.672. The topological polar surface area (TPSA) is 68.2 Å². The van der Waals surface area contributed by atoms with Crippen molar-refractivity contribution >= 4 is 11.6 Å². The minimum atomic E-state index is -0.856. The molecule has 1 amide bonds. The minimum Gasteiger partial charge on any atom is -0.368 e. The van der Waals surface area contributed by atoms with Crippen LogP contribution >= 0.6 is 0 Å². The zero-order valence-corrected chi connectivity index (χ0v) is 12.9. The molecule has 2 aromatic rings. The van der Waals surface area contributed by atoms with Crippen LogP contribution < -0.4 is 10.6 Å². The molecule has 3 rings (SSSR count). The Hall–Kier alpha value is -2.25. The van der Waals surface area contributed by atoms with Gasteiger partial charge in [0.1, 0.15) is 11.4 Å². The van der Waals surface area contributed by atoms with E-state index in [-0.39, 0.29) is 5.91 Å². The van der Waals surface area contributed by atoms with Crippen molar-refractivity contribution in [3.63, 3.8) is 0 Å². The molecule has 0 radical (unpaired) electrons. The Labute approximate surface area is 133 Å². The lowest BCUT2D eigenvalue weighted by molar-refractivity contribution is -0.140. The Bertz CT molecular complexity index is 681. The third kappa shape index (κ3) is 3.11. The normalized spacial score (nSPS) is 17.0. The Balaban J connectivity index is 1.77. The SMILES string of the molecule is COC1(C(=O)Nc2ccc(-n3ccnc3)c(F)c2)CCNCC1. The fraction of sp³-hybridized carbons (Fsp3) is 0.375. The summed E-state index contributed by atoms with van der Waals surface area (Å²) in [6.45, 7) is 1.43. The van der Waals surface area contributed by atoms with E-state index >= 15 is 0 Å². The first-order chi connectivity index (χ1) is 11.1. The third-order valence-corrected chi connectivity index (χ3v) is 4.20. The fourth-order valence-corrected chi connectivity index (χ4v) is 2.80. The number of rotatable bonds is 4. The number of nitrogens with zero attached hydrogens (tertiary/aromatic N) is 2. The van der Waals surface area contributed by atoms with Crippen LogP contribution in [0.2, 0.25) is 0 Å². The number of carbonyl (C=O) groups excluding carboxylic acids is 1. The van der Waals surface area contributed by atoms with E-state index in [1.807, 2.05) is 0 Å². The van der Waals surface area contributed by atoms with E-state index in [1.165, 1.54) is 19.5 Å². The molecule has 2 heterocycles. The van der Waals surface area contributed by atoms with E-state index in [1.54, 1.807) is 29.1 Å². The molecule has 7 heteroatoms. The zero-order valence-electron chi connectivity index (χ0n) is 12.9. The summed E-state index contributed by atoms with van der Waals surface area (Å²) in [7, 11) is 1.54. The average Bonchev–Trinajstić information content (AvgIpc) is 3.09. The number of hydrogen-bond acceptors (Lipinski definition) is 4. The molecule has 0 aliphatic carbocycles. The number of hydrogen-bond donors (Lipinski definition) is 2. The molecule has 0 spiro atoms. The van der Waals surface area contributed by atoms with E-state index in [0.717, 1.165) is 13.1 Å². The van der Waals surface area contributed by atoms with E-state index in [0.29, 0.717) is 24.2 Å². The smallest absolute Gasteiger partial charge is 0.256 e. The Morgan fingerprint density at radius 1 is 1.43 bits per heavy atom. The summed E-state index contributed by atoms with van der Waals surface area (Å²) in [5, 5.41) is 5.96. The van der Waals surface area contributed by atoms with Gasteiger partial charge in [-0.25, -0.2) is 9.37 Å². The molecule has 2 N–H and O–H groups in total. The summed E-state index contributed by atoms with van der Waals surface area (Å²) in [6, 6.07) is 4.58. The molecule has 0 unspecified atom stereocenters. The number of aromatic nitrogens is 2. The van der Waals surface area contributed by atoms with Crippen molar-refractivity contribution in [2.75, 3.05) is 25.5 Å². The highest BCUT2D eigenvalue weighted by atomic mass is 19.1. The van der Waals surface area contributed by atoms with Gasteiger partial charge in [-0.15, -0.1) is 0 Å². The zero-order chi connectivity index (χ0) is 16.3. The maximum Gasteiger partial charge on any atom is 0.256 e. The van der Waals surface area contributed by atoms with Gasteiger partial charge in [0.25, 0.3) is 5.91 Å². The summed E-state index contributed by atoms with van der Waals surface area (Å²) in [6.07, 6.45) is 5.93. The number of methoxy groups -OCH3 is 1. The maximum atomic E-state index is 14.2. The molecule has 1 saturated heterocycles. The van der Waals surface area contributed by atoms with Crippen LogP contribution in [0, 0.1) is 5.82 Å². The number of halogens is 1. The van der Waals surface area contributed by atoms with Gasteiger partial charge in [-0.05, 0) is 44.1 Å². The Kier molecular flexibility index (Phi) is 4.40. The van der Waals surface area contributed by atoms with Gasteiger partial charge < -0.3 is 19.9 Å². The van der Waals surface area contributed by atoms with Crippen LogP contribution in [0.4, 0.5) is 10.1 Å². The average molecular weight is 318 g/mol. The molecule has 1 aliphatic rings. The second kappa shape index (κ2) is 6.47. The van der Waals surface area contributed by atoms with Crippen LogP contribution in [0.15, 0.2) is 36.9 Å². The molecule has 1 aromatic carbocycles. The highest BCUT2D eigenvalue weighted by Crippen LogP contribution is 2.25. The first kappa shape index (κ1) is 15.6. The van der Waals surface area contributed by atoms with Crippen LogP contribution in [0.5, 0.6) is 0 Å². The van der Waals surface area contributed by atoms with Crippen LogP contribution in [0.25, 0.3) is 5.69 Å². The molecular formula is C16H19FN4O2. The number of anilines is 1. The monoisotopic (exact) mass is 318 g/mol. The van der Waals surface area contributed by atoms with Crippen molar-refractivity contribution in [2.24, 2.45) is 0 Å². The second-order valence-corrected chi connectivity index (χ2v) is 5.54. The fourth-order valence-electron chi connectivity index (χ4n) is 2.80. The number of carbonyl (C=O) groups is 1. The summed E-state index contributed by atoms with van der Waals surface area (Å²) in [5.41, 5.74) is -0.0692. The lowest BCUT2D eigenvalue weighted by atomic mass is 9.91. The van der Waals surface area contributed by atoms with Crippen molar-refractivity contribution in [1.29, 1.82) is 0 Å². The van der Waals surface area contributed by atoms with Crippen molar-refractivity contribution in [2.45, 2.75) is 18.4 Å². The van der Waals surface area contributed by atoms with Crippen molar-refractivity contribution < 1.29 is 13.9 Å². The maximum absolute atomic E-state index is 14.2. The van der Waals surface area contributed by atoms with E-state index in [2.05, 4.69) is 15.6 Å². The molecule has 1 fully saturated rings. The number of nitrogens with one attached hydrogen (secondary N) is 2. The van der Waals surface area contributed by atoms with Crippen molar-refractivity contribution in [3.8, 4) is 5.69 Å². The quantitative estimate of drug-likeness (QED) is 0.901. The number of benzene rings is 1. The molecule has 0 atom stereocenters. The molecule has 1 aromatic heterocycles. The molecule has 0 saturated carbocycles. The standard InChI is InChI=1S/C16H19FN4O2/c1-23-16(4-6-18-7-5-16)15(22)20-12-2-3-14(13(17)10-12)21-9-8-19-11-21/h2-3,8-11,18H,4-7H2,1H3,(H,20,22). The third-order valence-electron chi connectivity index (χ3n) is 4.20. The minimum absolute atomic E-state index is 0.240. The number of piperidine rings is 1. The van der Waals surface area contributed by atoms with Gasteiger partial charge in [-0.3, -0.25) is 4.79 Å². The lowest BCUT2D eigenvalue weighted by Crippen LogP contribution is -2.51. The van der Waals surface area contributed by atoms with Crippen LogP contribution in [-0.4, -0.2) is 41.3 Å². The largest absolute Gasteiger partial charge is 0.368 e. The molecule has 122 valence electrons. The van der Waals surface area contributed by atoms with E-state index < -0.39 is 11.4 Å². The van der Waals surface area contributed by atoms with Crippen LogP contribution in [-0.2, 0) is 9.53 Å². The lowest BCUT2D eigenvalue weighted by Gasteiger charge is -2.34. The van der Waals surface area contributed by atoms with E-state index in [4.69, 9.17) is 4.74 Å². The van der Waals surface area contributed by atoms with Crippen LogP contribution in [0.3, 0.4) is 0 Å². The molecular weight excluding hydrogens is 299 g/mol. The number of amides is 1. The summed E-state index contributed by atoms with van der Waals surface area (Å²) < 4.78 is 21.3. The van der Waals surface area contributed by atoms with Gasteiger partial charge in [-0.2, -0.15) is 0 Å². The second-order valence-electron chi connectivity index (χ2n) is 5.54. The number of imidazole rings is 1. The van der Waals surface area contributed by atoms with Crippen molar-refractivity contribution in [1.82, 2.24) is 14.9 Å². The van der Waals surface area contributed by atoms with Gasteiger partial charge in [0, 0.05) is 25.2 Å². The predicted molar refractivity (Wildman–Crippen MR) is 84.0 cm³/mol. The Morgan fingerprint density at radius 2 is 2.22 bits per heavy atom. The Morgan fingerprint density at radius 3 is 2.83 bits per heavy atom. The first-order valence-electron chi connectivity index (χ1n) is 7.50. The molecule has 0 bridgehead atoms. The summed E-state index contributed by atoms with van der Waals surface area (Å²) >= 11 is 0. The number of ether oxygens (including phenoxy) is 1. The molecule has 6 nitrogen and oxygen atoms in total. The van der Waals surface area contributed by atoms with Gasteiger partial charge >= 0.3 is 0 Å². The van der Waals surface area contributed by atoms with Gasteiger partial charge in [0.2, 0.25) is 0 Å². The van der Waals surface area contributed by atoms with Crippen LogP contribution in [0.1, 0.15) is 12.8 Å². The van der Waals surface area contributed by atoms with Gasteiger partial charge in [0.05, 0.1) is 12.0 Å². The van der Waals surface area contributed by atoms with Gasteiger partial charge in [-0.1, -0.05) is 0 Å². The van der Waals surface area contributed by atoms with E-state index in [9.17, 15) is 9.18 Å². The highest BCUT2D eigenvalue weighted by molar-refractivity contribution is 5.97.